The second-order valence-electron chi connectivity index (χ2n) is 5.06. The fraction of sp³-hybridized carbons (Fsp3) is 0.357. The van der Waals surface area contributed by atoms with Crippen LogP contribution in [0, 0.1) is 0 Å². The molecule has 1 heterocycles. The van der Waals surface area contributed by atoms with E-state index in [-0.39, 0.29) is 12.5 Å². The number of amides is 3. The second kappa shape index (κ2) is 4.96. The van der Waals surface area contributed by atoms with E-state index in [9.17, 15) is 14.4 Å². The summed E-state index contributed by atoms with van der Waals surface area (Å²) in [5.41, 5.74) is -0.700. The first-order valence-electron chi connectivity index (χ1n) is 6.16. The molecule has 6 heteroatoms. The first-order chi connectivity index (χ1) is 9.36. The highest BCUT2D eigenvalue weighted by molar-refractivity contribution is 6.08. The Balaban J connectivity index is 2.35. The fourth-order valence-electron chi connectivity index (χ4n) is 2.02. The molecule has 0 spiro atoms. The Labute approximate surface area is 116 Å². The second-order valence-corrected chi connectivity index (χ2v) is 5.06. The van der Waals surface area contributed by atoms with E-state index in [2.05, 4.69) is 5.32 Å². The van der Waals surface area contributed by atoms with Gasteiger partial charge < -0.3 is 9.64 Å². The molecule has 106 valence electrons. The van der Waals surface area contributed by atoms with Gasteiger partial charge in [-0.2, -0.15) is 0 Å². The van der Waals surface area contributed by atoms with Crippen LogP contribution in [-0.2, 0) is 9.59 Å². The summed E-state index contributed by atoms with van der Waals surface area (Å²) < 4.78 is 5.07. The summed E-state index contributed by atoms with van der Waals surface area (Å²) in [6, 6.07) is 6.61. The molecule has 0 bridgehead atoms. The van der Waals surface area contributed by atoms with Crippen LogP contribution >= 0.6 is 0 Å². The number of nitrogens with one attached hydrogen (secondary N) is 1. The summed E-state index contributed by atoms with van der Waals surface area (Å²) in [5.74, 6) is -0.797. The van der Waals surface area contributed by atoms with E-state index in [0.717, 1.165) is 0 Å². The number of benzene rings is 1. The Kier molecular flexibility index (Phi) is 3.48. The Bertz CT molecular complexity index is 580. The SMILES string of the molecule is COc1cccc(C(=O)N2CC(=O)NC(=O)C2(C)C)c1. The highest BCUT2D eigenvalue weighted by Gasteiger charge is 2.43. The molecule has 0 aromatic heterocycles. The van der Waals surface area contributed by atoms with Crippen molar-refractivity contribution in [1.29, 1.82) is 0 Å². The molecular formula is C14H16N2O4. The van der Waals surface area contributed by atoms with Crippen molar-refractivity contribution in [2.75, 3.05) is 13.7 Å². The molecule has 1 N–H and O–H groups in total. The summed E-state index contributed by atoms with van der Waals surface area (Å²) in [5, 5.41) is 2.23. The number of carbonyl (C=O) groups is 3. The first-order valence-corrected chi connectivity index (χ1v) is 6.16. The molecule has 20 heavy (non-hydrogen) atoms. The zero-order valence-electron chi connectivity index (χ0n) is 11.6. The van der Waals surface area contributed by atoms with Crippen molar-refractivity contribution < 1.29 is 19.1 Å². The Morgan fingerprint density at radius 1 is 1.35 bits per heavy atom. The highest BCUT2D eigenvalue weighted by Crippen LogP contribution is 2.22. The number of ether oxygens (including phenoxy) is 1. The van der Waals surface area contributed by atoms with Gasteiger partial charge in [0.1, 0.15) is 17.8 Å². The fourth-order valence-corrected chi connectivity index (χ4v) is 2.02. The molecule has 0 radical (unpaired) electrons. The van der Waals surface area contributed by atoms with Crippen LogP contribution in [0.3, 0.4) is 0 Å². The van der Waals surface area contributed by atoms with Crippen LogP contribution in [0.4, 0.5) is 0 Å². The monoisotopic (exact) mass is 276 g/mol. The van der Waals surface area contributed by atoms with E-state index in [1.807, 2.05) is 0 Å². The highest BCUT2D eigenvalue weighted by atomic mass is 16.5. The number of imide groups is 1. The van der Waals surface area contributed by atoms with Crippen LogP contribution in [0.25, 0.3) is 0 Å². The summed E-state index contributed by atoms with van der Waals surface area (Å²) >= 11 is 0. The van der Waals surface area contributed by atoms with Crippen molar-refractivity contribution in [3.8, 4) is 5.75 Å². The van der Waals surface area contributed by atoms with Crippen molar-refractivity contribution in [2.45, 2.75) is 19.4 Å². The molecule has 0 saturated carbocycles. The molecule has 0 aliphatic carbocycles. The lowest BCUT2D eigenvalue weighted by atomic mass is 9.97. The molecule has 0 unspecified atom stereocenters. The maximum atomic E-state index is 12.5. The van der Waals surface area contributed by atoms with E-state index < -0.39 is 17.4 Å². The summed E-state index contributed by atoms with van der Waals surface area (Å²) in [7, 11) is 1.51. The van der Waals surface area contributed by atoms with Crippen LogP contribution in [0.15, 0.2) is 24.3 Å². The van der Waals surface area contributed by atoms with Gasteiger partial charge in [0.2, 0.25) is 5.91 Å². The topological polar surface area (TPSA) is 75.7 Å². The molecule has 1 aliphatic heterocycles. The van der Waals surface area contributed by atoms with Gasteiger partial charge in [-0.3, -0.25) is 19.7 Å². The standard InChI is InChI=1S/C14H16N2O4/c1-14(2)13(19)15-11(17)8-16(14)12(18)9-5-4-6-10(7-9)20-3/h4-7H,8H2,1-3H3,(H,15,17,19). The number of hydrogen-bond donors (Lipinski definition) is 1. The van der Waals surface area contributed by atoms with E-state index in [4.69, 9.17) is 4.74 Å². The predicted octanol–water partition coefficient (Wildman–Crippen LogP) is 0.572. The molecular weight excluding hydrogens is 260 g/mol. The molecule has 6 nitrogen and oxygen atoms in total. The third-order valence-electron chi connectivity index (χ3n) is 3.35. The first kappa shape index (κ1) is 14.0. The lowest BCUT2D eigenvalue weighted by Crippen LogP contribution is -2.65. The lowest BCUT2D eigenvalue weighted by molar-refractivity contribution is -0.143. The van der Waals surface area contributed by atoms with Gasteiger partial charge in [0.15, 0.2) is 0 Å². The average molecular weight is 276 g/mol. The molecule has 1 aromatic carbocycles. The van der Waals surface area contributed by atoms with Gasteiger partial charge in [0.25, 0.3) is 11.8 Å². The van der Waals surface area contributed by atoms with Gasteiger partial charge >= 0.3 is 0 Å². The zero-order valence-corrected chi connectivity index (χ0v) is 11.6. The predicted molar refractivity (Wildman–Crippen MR) is 71.3 cm³/mol. The van der Waals surface area contributed by atoms with Crippen molar-refractivity contribution in [3.63, 3.8) is 0 Å². The molecule has 1 aliphatic rings. The van der Waals surface area contributed by atoms with Gasteiger partial charge in [-0.15, -0.1) is 0 Å². The van der Waals surface area contributed by atoms with Gasteiger partial charge in [0.05, 0.1) is 7.11 Å². The van der Waals surface area contributed by atoms with E-state index in [1.165, 1.54) is 12.0 Å². The number of nitrogens with zero attached hydrogens (tertiary/aromatic N) is 1. The third kappa shape index (κ3) is 2.36. The van der Waals surface area contributed by atoms with Crippen molar-refractivity contribution in [3.05, 3.63) is 29.8 Å². The number of rotatable bonds is 2. The minimum Gasteiger partial charge on any atom is -0.497 e. The minimum atomic E-state index is -1.08. The maximum absolute atomic E-state index is 12.5. The van der Waals surface area contributed by atoms with Crippen molar-refractivity contribution in [2.24, 2.45) is 0 Å². The van der Waals surface area contributed by atoms with Crippen LogP contribution in [0.5, 0.6) is 5.75 Å². The third-order valence-corrected chi connectivity index (χ3v) is 3.35. The summed E-state index contributed by atoms with van der Waals surface area (Å²) in [6.45, 7) is 3.06. The van der Waals surface area contributed by atoms with Gasteiger partial charge in [-0.05, 0) is 32.0 Å². The van der Waals surface area contributed by atoms with Gasteiger partial charge in [-0.1, -0.05) is 6.07 Å². The molecule has 1 fully saturated rings. The molecule has 3 amide bonds. The normalized spacial score (nSPS) is 17.6. The Morgan fingerprint density at radius 3 is 2.70 bits per heavy atom. The quantitative estimate of drug-likeness (QED) is 0.801. The van der Waals surface area contributed by atoms with E-state index in [1.54, 1.807) is 38.1 Å². The van der Waals surface area contributed by atoms with Crippen molar-refractivity contribution >= 4 is 17.7 Å². The van der Waals surface area contributed by atoms with Crippen LogP contribution in [-0.4, -0.2) is 41.8 Å². The Morgan fingerprint density at radius 2 is 2.05 bits per heavy atom. The number of carbonyl (C=O) groups excluding carboxylic acids is 3. The summed E-state index contributed by atoms with van der Waals surface area (Å²) in [6.07, 6.45) is 0. The lowest BCUT2D eigenvalue weighted by Gasteiger charge is -2.40. The van der Waals surface area contributed by atoms with E-state index >= 15 is 0 Å². The largest absolute Gasteiger partial charge is 0.497 e. The smallest absolute Gasteiger partial charge is 0.255 e. The van der Waals surface area contributed by atoms with Gasteiger partial charge in [0, 0.05) is 5.56 Å². The summed E-state index contributed by atoms with van der Waals surface area (Å²) in [4.78, 5) is 37.1. The number of piperazine rings is 1. The molecule has 2 rings (SSSR count). The van der Waals surface area contributed by atoms with E-state index in [0.29, 0.717) is 11.3 Å². The zero-order chi connectivity index (χ0) is 14.9. The van der Waals surface area contributed by atoms with Crippen LogP contribution < -0.4 is 10.1 Å². The maximum Gasteiger partial charge on any atom is 0.255 e. The minimum absolute atomic E-state index is 0.144. The average Bonchev–Trinajstić information content (AvgIpc) is 2.42. The number of methoxy groups -OCH3 is 1. The molecule has 1 saturated heterocycles. The molecule has 1 aromatic rings. The van der Waals surface area contributed by atoms with Crippen LogP contribution in [0.2, 0.25) is 0 Å². The molecule has 0 atom stereocenters. The van der Waals surface area contributed by atoms with Gasteiger partial charge in [-0.25, -0.2) is 0 Å². The Hall–Kier alpha value is -2.37. The van der Waals surface area contributed by atoms with Crippen LogP contribution in [0.1, 0.15) is 24.2 Å². The number of hydrogen-bond acceptors (Lipinski definition) is 4. The van der Waals surface area contributed by atoms with Crippen molar-refractivity contribution in [1.82, 2.24) is 10.2 Å².